The molecule has 0 saturated carbocycles. The van der Waals surface area contributed by atoms with Crippen LogP contribution in [0.1, 0.15) is 31.9 Å². The first-order valence-electron chi connectivity index (χ1n) is 8.07. The molecule has 2 aromatic carbocycles. The summed E-state index contributed by atoms with van der Waals surface area (Å²) in [4.78, 5) is 11.9. The van der Waals surface area contributed by atoms with E-state index >= 15 is 0 Å². The standard InChI is InChI=1S/C20H21ClO4/c1-19(2,3)13-5-7-14(8-6-13)25-15-9-10-16(17(21)11-15)20(12-24-20)18(22)23-4/h5-11H,12H2,1-4H3. The van der Waals surface area contributed by atoms with Gasteiger partial charge >= 0.3 is 5.97 Å². The van der Waals surface area contributed by atoms with E-state index in [1.165, 1.54) is 12.7 Å². The lowest BCUT2D eigenvalue weighted by atomic mass is 9.87. The molecule has 0 amide bonds. The van der Waals surface area contributed by atoms with E-state index < -0.39 is 11.6 Å². The van der Waals surface area contributed by atoms with Gasteiger partial charge in [0, 0.05) is 5.56 Å². The highest BCUT2D eigenvalue weighted by Gasteiger charge is 2.56. The van der Waals surface area contributed by atoms with E-state index in [2.05, 4.69) is 32.9 Å². The number of methoxy groups -OCH3 is 1. The summed E-state index contributed by atoms with van der Waals surface area (Å²) >= 11 is 6.34. The molecule has 25 heavy (non-hydrogen) atoms. The van der Waals surface area contributed by atoms with Gasteiger partial charge in [-0.2, -0.15) is 0 Å². The van der Waals surface area contributed by atoms with Crippen LogP contribution in [0.25, 0.3) is 0 Å². The molecule has 0 radical (unpaired) electrons. The number of carbonyl (C=O) groups is 1. The highest BCUT2D eigenvalue weighted by Crippen LogP contribution is 2.44. The zero-order valence-electron chi connectivity index (χ0n) is 14.8. The number of esters is 1. The van der Waals surface area contributed by atoms with Gasteiger partial charge in [0.1, 0.15) is 11.5 Å². The first-order chi connectivity index (χ1) is 11.8. The van der Waals surface area contributed by atoms with E-state index in [4.69, 9.17) is 25.8 Å². The van der Waals surface area contributed by atoms with Crippen molar-refractivity contribution in [2.75, 3.05) is 13.7 Å². The van der Waals surface area contributed by atoms with Crippen LogP contribution in [-0.2, 0) is 25.3 Å². The van der Waals surface area contributed by atoms with Crippen LogP contribution < -0.4 is 4.74 Å². The minimum absolute atomic E-state index is 0.0932. The molecule has 1 unspecified atom stereocenters. The molecule has 1 aliphatic heterocycles. The van der Waals surface area contributed by atoms with Crippen molar-refractivity contribution in [1.29, 1.82) is 0 Å². The number of rotatable bonds is 4. The van der Waals surface area contributed by atoms with Gasteiger partial charge in [-0.25, -0.2) is 4.79 Å². The fourth-order valence-corrected chi connectivity index (χ4v) is 2.99. The van der Waals surface area contributed by atoms with Crippen LogP contribution in [0.4, 0.5) is 0 Å². The molecule has 1 atom stereocenters. The number of hydrogen-bond donors (Lipinski definition) is 0. The van der Waals surface area contributed by atoms with Crippen LogP contribution in [0.2, 0.25) is 5.02 Å². The maximum atomic E-state index is 11.9. The molecule has 0 aliphatic carbocycles. The molecule has 2 aromatic rings. The van der Waals surface area contributed by atoms with E-state index in [0.717, 1.165) is 5.75 Å². The summed E-state index contributed by atoms with van der Waals surface area (Å²) in [6, 6.07) is 13.2. The predicted molar refractivity (Wildman–Crippen MR) is 96.3 cm³/mol. The van der Waals surface area contributed by atoms with Gasteiger partial charge in [-0.05, 0) is 35.2 Å². The maximum absolute atomic E-state index is 11.9. The second-order valence-electron chi connectivity index (χ2n) is 7.13. The maximum Gasteiger partial charge on any atom is 0.345 e. The van der Waals surface area contributed by atoms with Crippen molar-refractivity contribution in [2.45, 2.75) is 31.8 Å². The van der Waals surface area contributed by atoms with Gasteiger partial charge in [0.15, 0.2) is 0 Å². The molecular weight excluding hydrogens is 340 g/mol. The zero-order chi connectivity index (χ0) is 18.2. The van der Waals surface area contributed by atoms with Gasteiger partial charge in [-0.3, -0.25) is 0 Å². The lowest BCUT2D eigenvalue weighted by Crippen LogP contribution is -2.24. The summed E-state index contributed by atoms with van der Waals surface area (Å²) in [7, 11) is 1.33. The van der Waals surface area contributed by atoms with Gasteiger partial charge in [0.2, 0.25) is 5.60 Å². The average Bonchev–Trinajstić information content (AvgIpc) is 3.35. The van der Waals surface area contributed by atoms with Crippen LogP contribution in [-0.4, -0.2) is 19.7 Å². The smallest absolute Gasteiger partial charge is 0.345 e. The van der Waals surface area contributed by atoms with Crippen molar-refractivity contribution >= 4 is 17.6 Å². The molecule has 132 valence electrons. The molecule has 1 fully saturated rings. The van der Waals surface area contributed by atoms with E-state index in [0.29, 0.717) is 16.3 Å². The lowest BCUT2D eigenvalue weighted by Gasteiger charge is -2.19. The normalized spacial score (nSPS) is 19.4. The Morgan fingerprint density at radius 1 is 1.12 bits per heavy atom. The van der Waals surface area contributed by atoms with Gasteiger partial charge < -0.3 is 14.2 Å². The number of carbonyl (C=O) groups excluding carboxylic acids is 1. The Labute approximate surface area is 152 Å². The Balaban J connectivity index is 1.79. The van der Waals surface area contributed by atoms with Crippen LogP contribution >= 0.6 is 11.6 Å². The number of halogens is 1. The summed E-state index contributed by atoms with van der Waals surface area (Å²) < 4.78 is 16.0. The molecule has 0 N–H and O–H groups in total. The quantitative estimate of drug-likeness (QED) is 0.579. The van der Waals surface area contributed by atoms with E-state index in [1.807, 2.05) is 12.1 Å². The van der Waals surface area contributed by atoms with Crippen molar-refractivity contribution < 1.29 is 19.0 Å². The summed E-state index contributed by atoms with van der Waals surface area (Å²) in [5.74, 6) is 0.876. The van der Waals surface area contributed by atoms with Crippen LogP contribution in [0, 0.1) is 0 Å². The Bertz CT molecular complexity index is 786. The largest absolute Gasteiger partial charge is 0.467 e. The number of benzene rings is 2. The molecule has 0 aromatic heterocycles. The number of epoxide rings is 1. The third-order valence-electron chi connectivity index (χ3n) is 4.28. The SMILES string of the molecule is COC(=O)C1(c2ccc(Oc3ccc(C(C)(C)C)cc3)cc2Cl)CO1. The molecule has 0 spiro atoms. The monoisotopic (exact) mass is 360 g/mol. The summed E-state index contributed by atoms with van der Waals surface area (Å²) in [6.45, 7) is 6.77. The van der Waals surface area contributed by atoms with Gasteiger partial charge in [-0.1, -0.05) is 50.6 Å². The fourth-order valence-electron chi connectivity index (χ4n) is 2.67. The van der Waals surface area contributed by atoms with Crippen LogP contribution in [0.5, 0.6) is 11.5 Å². The number of ether oxygens (including phenoxy) is 3. The average molecular weight is 361 g/mol. The van der Waals surface area contributed by atoms with Crippen LogP contribution in [0.3, 0.4) is 0 Å². The van der Waals surface area contributed by atoms with Crippen molar-refractivity contribution in [1.82, 2.24) is 0 Å². The molecule has 5 heteroatoms. The Morgan fingerprint density at radius 2 is 1.72 bits per heavy atom. The third-order valence-corrected chi connectivity index (χ3v) is 4.59. The second kappa shape index (κ2) is 6.36. The van der Waals surface area contributed by atoms with Gasteiger partial charge in [-0.15, -0.1) is 0 Å². The van der Waals surface area contributed by atoms with Gasteiger partial charge in [0.25, 0.3) is 0 Å². The second-order valence-corrected chi connectivity index (χ2v) is 7.53. The third kappa shape index (κ3) is 3.51. The van der Waals surface area contributed by atoms with Crippen molar-refractivity contribution in [2.24, 2.45) is 0 Å². The fraction of sp³-hybridized carbons (Fsp3) is 0.350. The molecule has 3 rings (SSSR count). The summed E-state index contributed by atoms with van der Waals surface area (Å²) in [6.07, 6.45) is 0. The predicted octanol–water partition coefficient (Wildman–Crippen LogP) is 4.83. The van der Waals surface area contributed by atoms with E-state index in [-0.39, 0.29) is 12.0 Å². The van der Waals surface area contributed by atoms with E-state index in [9.17, 15) is 4.79 Å². The summed E-state index contributed by atoms with van der Waals surface area (Å²) in [5, 5.41) is 0.409. The Morgan fingerprint density at radius 3 is 2.20 bits per heavy atom. The Hall–Kier alpha value is -2.04. The summed E-state index contributed by atoms with van der Waals surface area (Å²) in [5.41, 5.74) is 0.852. The number of hydrogen-bond acceptors (Lipinski definition) is 4. The molecule has 1 aliphatic rings. The molecule has 1 heterocycles. The Kier molecular flexibility index (Phi) is 4.52. The highest BCUT2D eigenvalue weighted by atomic mass is 35.5. The zero-order valence-corrected chi connectivity index (χ0v) is 15.5. The van der Waals surface area contributed by atoms with Gasteiger partial charge in [0.05, 0.1) is 18.7 Å². The van der Waals surface area contributed by atoms with Crippen molar-refractivity contribution in [3.05, 3.63) is 58.6 Å². The lowest BCUT2D eigenvalue weighted by molar-refractivity contribution is -0.147. The minimum atomic E-state index is -1.07. The van der Waals surface area contributed by atoms with E-state index in [1.54, 1.807) is 18.2 Å². The molecular formula is C20H21ClO4. The molecule has 0 bridgehead atoms. The molecule has 4 nitrogen and oxygen atoms in total. The topological polar surface area (TPSA) is 48.1 Å². The van der Waals surface area contributed by atoms with Crippen molar-refractivity contribution in [3.8, 4) is 11.5 Å². The molecule has 1 saturated heterocycles. The minimum Gasteiger partial charge on any atom is -0.467 e. The first kappa shape index (κ1) is 17.8. The highest BCUT2D eigenvalue weighted by molar-refractivity contribution is 6.32. The van der Waals surface area contributed by atoms with Crippen LogP contribution in [0.15, 0.2) is 42.5 Å². The van der Waals surface area contributed by atoms with Crippen molar-refractivity contribution in [3.63, 3.8) is 0 Å². The first-order valence-corrected chi connectivity index (χ1v) is 8.45.